The van der Waals surface area contributed by atoms with Crippen molar-refractivity contribution < 1.29 is 17.9 Å². The number of ether oxygens (including phenoxy) is 2. The van der Waals surface area contributed by atoms with Gasteiger partial charge in [-0.2, -0.15) is 8.42 Å². The number of benzene rings is 2. The molecular weight excluding hydrogens is 332 g/mol. The molecule has 0 unspecified atom stereocenters. The number of sulfonamides is 1. The fourth-order valence-corrected chi connectivity index (χ4v) is 2.90. The third-order valence-electron chi connectivity index (χ3n) is 3.12. The highest BCUT2D eigenvalue weighted by atomic mass is 32.2. The van der Waals surface area contributed by atoms with E-state index >= 15 is 0 Å². The molecule has 4 N–H and O–H groups in total. The minimum atomic E-state index is -3.89. The lowest BCUT2D eigenvalue weighted by Gasteiger charge is -2.00. The second-order valence-electron chi connectivity index (χ2n) is 4.86. The lowest BCUT2D eigenvalue weighted by Crippen LogP contribution is -2.24. The van der Waals surface area contributed by atoms with E-state index in [-0.39, 0.29) is 11.7 Å². The van der Waals surface area contributed by atoms with Crippen LogP contribution in [0, 0.1) is 0 Å². The Morgan fingerprint density at radius 1 is 1.04 bits per heavy atom. The highest BCUT2D eigenvalue weighted by Crippen LogP contribution is 2.32. The summed E-state index contributed by atoms with van der Waals surface area (Å²) in [6.45, 7) is 0.210. The third-order valence-corrected chi connectivity index (χ3v) is 4.44. The monoisotopic (exact) mass is 346 g/mol. The van der Waals surface area contributed by atoms with E-state index in [1.807, 2.05) is 12.1 Å². The van der Waals surface area contributed by atoms with Gasteiger partial charge in [0.15, 0.2) is 11.5 Å². The van der Waals surface area contributed by atoms with Crippen LogP contribution >= 0.6 is 0 Å². The number of nitrogens with two attached hydrogens (primary N) is 2. The molecule has 0 saturated carbocycles. The summed E-state index contributed by atoms with van der Waals surface area (Å²) in [7, 11) is -3.89. The third kappa shape index (κ3) is 3.46. The summed E-state index contributed by atoms with van der Waals surface area (Å²) in [5.74, 6) is 0.846. The van der Waals surface area contributed by atoms with Gasteiger partial charge in [0, 0.05) is 6.21 Å². The molecule has 0 fully saturated rings. The van der Waals surface area contributed by atoms with E-state index in [2.05, 4.69) is 9.39 Å². The first-order valence-electron chi connectivity index (χ1n) is 6.84. The Morgan fingerprint density at radius 2 is 1.75 bits per heavy atom. The van der Waals surface area contributed by atoms with E-state index in [9.17, 15) is 8.42 Å². The van der Waals surface area contributed by atoms with Gasteiger partial charge in [-0.15, -0.1) is 4.40 Å². The first-order valence-corrected chi connectivity index (χ1v) is 8.28. The van der Waals surface area contributed by atoms with Crippen molar-refractivity contribution >= 4 is 27.9 Å². The van der Waals surface area contributed by atoms with Crippen molar-refractivity contribution in [2.24, 2.45) is 20.9 Å². The first-order chi connectivity index (χ1) is 11.4. The Balaban J connectivity index is 1.78. The fraction of sp³-hybridized carbons (Fsp3) is 0.0667. The molecule has 124 valence electrons. The van der Waals surface area contributed by atoms with E-state index in [0.29, 0.717) is 17.2 Å². The molecule has 1 heterocycles. The van der Waals surface area contributed by atoms with Crippen LogP contribution in [0.3, 0.4) is 0 Å². The van der Waals surface area contributed by atoms with Gasteiger partial charge in [-0.25, -0.2) is 0 Å². The lowest BCUT2D eigenvalue weighted by atomic mass is 10.2. The molecule has 1 aliphatic rings. The maximum Gasteiger partial charge on any atom is 0.285 e. The van der Waals surface area contributed by atoms with E-state index in [1.165, 1.54) is 12.1 Å². The Morgan fingerprint density at radius 3 is 2.46 bits per heavy atom. The molecule has 0 aromatic heterocycles. The molecule has 1 aliphatic heterocycles. The van der Waals surface area contributed by atoms with Gasteiger partial charge in [-0.1, -0.05) is 0 Å². The van der Waals surface area contributed by atoms with Crippen LogP contribution in [0.2, 0.25) is 0 Å². The zero-order valence-electron chi connectivity index (χ0n) is 12.4. The number of nitrogens with zero attached hydrogens (tertiary/aromatic N) is 2. The molecule has 2 aromatic carbocycles. The molecule has 24 heavy (non-hydrogen) atoms. The predicted octanol–water partition coefficient (Wildman–Crippen LogP) is 1.13. The van der Waals surface area contributed by atoms with E-state index in [0.717, 1.165) is 5.56 Å². The number of rotatable bonds is 4. The molecule has 0 aliphatic carbocycles. The zero-order chi connectivity index (χ0) is 17.2. The summed E-state index contributed by atoms with van der Waals surface area (Å²) >= 11 is 0. The Bertz CT molecular complexity index is 917. The van der Waals surface area contributed by atoms with Gasteiger partial charge in [0.25, 0.3) is 10.0 Å². The van der Waals surface area contributed by atoms with Crippen LogP contribution in [0.5, 0.6) is 11.5 Å². The van der Waals surface area contributed by atoms with Crippen molar-refractivity contribution in [3.63, 3.8) is 0 Å². The molecule has 0 bridgehead atoms. The van der Waals surface area contributed by atoms with Crippen LogP contribution < -0.4 is 20.9 Å². The minimum Gasteiger partial charge on any atom is -0.454 e. The Kier molecular flexibility index (Phi) is 4.09. The molecule has 8 nitrogen and oxygen atoms in total. The van der Waals surface area contributed by atoms with E-state index in [1.54, 1.807) is 24.4 Å². The average molecular weight is 346 g/mol. The normalized spacial score (nSPS) is 13.2. The number of hydrogen-bond donors (Lipinski definition) is 2. The number of guanidine groups is 1. The Hall–Kier alpha value is -3.07. The molecule has 2 aromatic rings. The van der Waals surface area contributed by atoms with Gasteiger partial charge in [0.05, 0.1) is 10.6 Å². The van der Waals surface area contributed by atoms with Crippen molar-refractivity contribution in [1.82, 2.24) is 0 Å². The van der Waals surface area contributed by atoms with Crippen molar-refractivity contribution in [2.45, 2.75) is 4.90 Å². The number of aliphatic imine (C=N–C) groups is 1. The Labute approximate surface area is 138 Å². The van der Waals surface area contributed by atoms with Gasteiger partial charge in [-0.3, -0.25) is 4.99 Å². The summed E-state index contributed by atoms with van der Waals surface area (Å²) in [4.78, 5) is 4.27. The van der Waals surface area contributed by atoms with Crippen LogP contribution in [-0.4, -0.2) is 27.4 Å². The van der Waals surface area contributed by atoms with Crippen molar-refractivity contribution in [2.75, 3.05) is 6.79 Å². The molecule has 0 spiro atoms. The summed E-state index contributed by atoms with van der Waals surface area (Å²) < 4.78 is 37.4. The summed E-state index contributed by atoms with van der Waals surface area (Å²) in [5, 5.41) is 0. The topological polar surface area (TPSA) is 129 Å². The summed E-state index contributed by atoms with van der Waals surface area (Å²) in [5.41, 5.74) is 11.6. The standard InChI is InChI=1S/C15H14N4O4S/c16-15(17)19-24(20,21)12-4-2-11(3-5-12)18-8-10-1-6-13-14(7-10)23-9-22-13/h1-8H,9H2,(H4,16,17,19). The van der Waals surface area contributed by atoms with Crippen LogP contribution in [0.4, 0.5) is 5.69 Å². The largest absolute Gasteiger partial charge is 0.454 e. The van der Waals surface area contributed by atoms with E-state index in [4.69, 9.17) is 20.9 Å². The van der Waals surface area contributed by atoms with Gasteiger partial charge in [0.1, 0.15) is 0 Å². The minimum absolute atomic E-state index is 0.0158. The van der Waals surface area contributed by atoms with Crippen LogP contribution in [0.25, 0.3) is 0 Å². The number of hydrogen-bond acceptors (Lipinski definition) is 5. The maximum absolute atomic E-state index is 11.8. The van der Waals surface area contributed by atoms with Crippen LogP contribution in [-0.2, 0) is 10.0 Å². The predicted molar refractivity (Wildman–Crippen MR) is 89.3 cm³/mol. The van der Waals surface area contributed by atoms with Gasteiger partial charge >= 0.3 is 0 Å². The zero-order valence-corrected chi connectivity index (χ0v) is 13.2. The second-order valence-corrected chi connectivity index (χ2v) is 6.46. The highest BCUT2D eigenvalue weighted by Gasteiger charge is 2.13. The average Bonchev–Trinajstić information content (AvgIpc) is 3.00. The molecule has 0 atom stereocenters. The lowest BCUT2D eigenvalue weighted by molar-refractivity contribution is 0.174. The highest BCUT2D eigenvalue weighted by molar-refractivity contribution is 7.90. The summed E-state index contributed by atoms with van der Waals surface area (Å²) in [6.07, 6.45) is 1.64. The molecule has 0 amide bonds. The second kappa shape index (κ2) is 6.20. The van der Waals surface area contributed by atoms with Crippen molar-refractivity contribution in [3.8, 4) is 11.5 Å². The quantitative estimate of drug-likeness (QED) is 0.630. The molecule has 0 saturated heterocycles. The van der Waals surface area contributed by atoms with Crippen LogP contribution in [0.1, 0.15) is 5.56 Å². The maximum atomic E-state index is 11.8. The van der Waals surface area contributed by atoms with Gasteiger partial charge in [0.2, 0.25) is 12.8 Å². The first kappa shape index (κ1) is 15.8. The number of fused-ring (bicyclic) bond motifs is 1. The van der Waals surface area contributed by atoms with Crippen molar-refractivity contribution in [3.05, 3.63) is 48.0 Å². The van der Waals surface area contributed by atoms with Crippen LogP contribution in [0.15, 0.2) is 56.8 Å². The fourth-order valence-electron chi connectivity index (χ4n) is 2.04. The molecular formula is C15H14N4O4S. The van der Waals surface area contributed by atoms with E-state index < -0.39 is 16.0 Å². The van der Waals surface area contributed by atoms with Crippen molar-refractivity contribution in [1.29, 1.82) is 0 Å². The molecule has 9 heteroatoms. The smallest absolute Gasteiger partial charge is 0.285 e. The summed E-state index contributed by atoms with van der Waals surface area (Å²) in [6, 6.07) is 11.3. The SMILES string of the molecule is NC(N)=NS(=O)(=O)c1ccc(N=Cc2ccc3c(c2)OCO3)cc1. The van der Waals surface area contributed by atoms with Gasteiger partial charge in [-0.05, 0) is 48.0 Å². The molecule has 0 radical (unpaired) electrons. The van der Waals surface area contributed by atoms with Gasteiger partial charge < -0.3 is 20.9 Å². The molecule has 3 rings (SSSR count).